The molecule has 58 valence electrons. The Balaban J connectivity index is 3.70. The second-order valence-electron chi connectivity index (χ2n) is 2.50. The topological polar surface area (TPSA) is 27.0 Å². The molecule has 0 rings (SSSR count). The Kier molecular flexibility index (Phi) is 4.96. The number of rotatable bonds is 4. The van der Waals surface area contributed by atoms with Gasteiger partial charge in [0.1, 0.15) is 0 Å². The summed E-state index contributed by atoms with van der Waals surface area (Å²) in [4.78, 5) is 2.21. The molecule has 0 aliphatic heterocycles. The third-order valence-electron chi connectivity index (χ3n) is 1.92. The van der Waals surface area contributed by atoms with Crippen molar-refractivity contribution < 1.29 is 0 Å². The molecular weight excluding hydrogens is 124 g/mol. The van der Waals surface area contributed by atoms with Crippen molar-refractivity contribution in [2.45, 2.75) is 32.7 Å². The summed E-state index contributed by atoms with van der Waals surface area (Å²) in [5.74, 6) is 0. The van der Waals surface area contributed by atoms with Crippen molar-refractivity contribution in [3.63, 3.8) is 0 Å². The standard InChI is InChI=1S/C8H16N2/c1-4-8(6-7-9)10(3)5-2/h8H,4-6H2,1-3H3. The average molecular weight is 140 g/mol. The normalized spacial score (nSPS) is 13.1. The average Bonchev–Trinajstić information content (AvgIpc) is 1.99. The fourth-order valence-electron chi connectivity index (χ4n) is 0.975. The molecule has 0 aromatic heterocycles. The van der Waals surface area contributed by atoms with Gasteiger partial charge in [0.05, 0.1) is 12.5 Å². The molecule has 0 aromatic rings. The van der Waals surface area contributed by atoms with Crippen LogP contribution in [-0.4, -0.2) is 24.5 Å². The fourth-order valence-corrected chi connectivity index (χ4v) is 0.975. The predicted molar refractivity (Wildman–Crippen MR) is 42.6 cm³/mol. The molecule has 0 aliphatic rings. The molecule has 0 N–H and O–H groups in total. The summed E-state index contributed by atoms with van der Waals surface area (Å²) in [5.41, 5.74) is 0. The lowest BCUT2D eigenvalue weighted by Crippen LogP contribution is -2.30. The van der Waals surface area contributed by atoms with E-state index in [9.17, 15) is 0 Å². The van der Waals surface area contributed by atoms with Crippen LogP contribution in [0.4, 0.5) is 0 Å². The van der Waals surface area contributed by atoms with Gasteiger partial charge in [-0.15, -0.1) is 0 Å². The Hall–Kier alpha value is -0.550. The molecule has 0 amide bonds. The van der Waals surface area contributed by atoms with E-state index in [4.69, 9.17) is 5.26 Å². The first-order chi connectivity index (χ1) is 4.76. The molecule has 0 fully saturated rings. The van der Waals surface area contributed by atoms with E-state index < -0.39 is 0 Å². The summed E-state index contributed by atoms with van der Waals surface area (Å²) in [7, 11) is 2.06. The molecule has 0 bridgehead atoms. The quantitative estimate of drug-likeness (QED) is 0.593. The van der Waals surface area contributed by atoms with Gasteiger partial charge in [0.25, 0.3) is 0 Å². The van der Waals surface area contributed by atoms with Gasteiger partial charge < -0.3 is 4.90 Å². The molecular formula is C8H16N2. The van der Waals surface area contributed by atoms with Crippen molar-refractivity contribution >= 4 is 0 Å². The van der Waals surface area contributed by atoms with Crippen LogP contribution in [0.3, 0.4) is 0 Å². The summed E-state index contributed by atoms with van der Waals surface area (Å²) < 4.78 is 0. The van der Waals surface area contributed by atoms with Crippen LogP contribution in [0.25, 0.3) is 0 Å². The first kappa shape index (κ1) is 9.45. The second kappa shape index (κ2) is 5.25. The number of nitrogens with zero attached hydrogens (tertiary/aromatic N) is 2. The summed E-state index contributed by atoms with van der Waals surface area (Å²) in [6, 6.07) is 2.65. The zero-order valence-electron chi connectivity index (χ0n) is 7.09. The third-order valence-corrected chi connectivity index (χ3v) is 1.92. The Labute approximate surface area is 63.4 Å². The van der Waals surface area contributed by atoms with Crippen LogP contribution in [0.15, 0.2) is 0 Å². The summed E-state index contributed by atoms with van der Waals surface area (Å²) in [6.45, 7) is 5.26. The highest BCUT2D eigenvalue weighted by atomic mass is 15.1. The SMILES string of the molecule is CCC(CC#N)N(C)CC. The molecule has 1 atom stereocenters. The van der Waals surface area contributed by atoms with Gasteiger partial charge >= 0.3 is 0 Å². The van der Waals surface area contributed by atoms with Crippen LogP contribution in [0, 0.1) is 11.3 Å². The molecule has 0 saturated carbocycles. The maximum atomic E-state index is 8.44. The van der Waals surface area contributed by atoms with E-state index in [1.54, 1.807) is 0 Å². The van der Waals surface area contributed by atoms with Gasteiger partial charge in [0.2, 0.25) is 0 Å². The van der Waals surface area contributed by atoms with E-state index in [1.807, 2.05) is 0 Å². The lowest BCUT2D eigenvalue weighted by molar-refractivity contribution is 0.250. The Morgan fingerprint density at radius 1 is 1.50 bits per heavy atom. The van der Waals surface area contributed by atoms with Crippen molar-refractivity contribution in [3.05, 3.63) is 0 Å². The van der Waals surface area contributed by atoms with Gasteiger partial charge in [-0.3, -0.25) is 0 Å². The molecule has 0 spiro atoms. The predicted octanol–water partition coefficient (Wildman–Crippen LogP) is 1.63. The molecule has 1 unspecified atom stereocenters. The maximum absolute atomic E-state index is 8.44. The highest BCUT2D eigenvalue weighted by molar-refractivity contribution is 4.79. The number of nitriles is 1. The Morgan fingerprint density at radius 2 is 2.10 bits per heavy atom. The first-order valence-electron chi connectivity index (χ1n) is 3.83. The molecule has 2 nitrogen and oxygen atoms in total. The van der Waals surface area contributed by atoms with Crippen LogP contribution in [0.5, 0.6) is 0 Å². The Bertz CT molecular complexity index is 115. The highest BCUT2D eigenvalue weighted by Crippen LogP contribution is 2.04. The van der Waals surface area contributed by atoms with Crippen molar-refractivity contribution in [3.8, 4) is 6.07 Å². The molecule has 0 aromatic carbocycles. The van der Waals surface area contributed by atoms with Gasteiger partial charge in [-0.05, 0) is 20.0 Å². The molecule has 2 heteroatoms. The zero-order valence-corrected chi connectivity index (χ0v) is 7.09. The fraction of sp³-hybridized carbons (Fsp3) is 0.875. The van der Waals surface area contributed by atoms with Gasteiger partial charge in [0.15, 0.2) is 0 Å². The van der Waals surface area contributed by atoms with Crippen molar-refractivity contribution in [1.82, 2.24) is 4.90 Å². The van der Waals surface area contributed by atoms with Gasteiger partial charge in [0, 0.05) is 6.04 Å². The van der Waals surface area contributed by atoms with E-state index in [2.05, 4.69) is 31.9 Å². The largest absolute Gasteiger partial charge is 0.303 e. The number of hydrogen-bond donors (Lipinski definition) is 0. The van der Waals surface area contributed by atoms with Crippen LogP contribution in [0.1, 0.15) is 26.7 Å². The summed E-state index contributed by atoms with van der Waals surface area (Å²) >= 11 is 0. The smallest absolute Gasteiger partial charge is 0.0638 e. The molecule has 0 radical (unpaired) electrons. The summed E-state index contributed by atoms with van der Waals surface area (Å²) in [5, 5.41) is 8.44. The van der Waals surface area contributed by atoms with E-state index >= 15 is 0 Å². The minimum atomic E-state index is 0.454. The summed E-state index contributed by atoms with van der Waals surface area (Å²) in [6.07, 6.45) is 1.72. The van der Waals surface area contributed by atoms with Crippen LogP contribution in [-0.2, 0) is 0 Å². The van der Waals surface area contributed by atoms with E-state index in [0.717, 1.165) is 13.0 Å². The molecule has 10 heavy (non-hydrogen) atoms. The molecule has 0 heterocycles. The van der Waals surface area contributed by atoms with E-state index in [0.29, 0.717) is 12.5 Å². The minimum absolute atomic E-state index is 0.454. The van der Waals surface area contributed by atoms with Gasteiger partial charge in [-0.1, -0.05) is 13.8 Å². The van der Waals surface area contributed by atoms with Crippen molar-refractivity contribution in [2.75, 3.05) is 13.6 Å². The van der Waals surface area contributed by atoms with E-state index in [1.165, 1.54) is 0 Å². The number of hydrogen-bond acceptors (Lipinski definition) is 2. The van der Waals surface area contributed by atoms with Gasteiger partial charge in [-0.2, -0.15) is 5.26 Å². The third kappa shape index (κ3) is 2.84. The molecule has 0 saturated heterocycles. The van der Waals surface area contributed by atoms with Crippen LogP contribution in [0.2, 0.25) is 0 Å². The Morgan fingerprint density at radius 3 is 2.40 bits per heavy atom. The van der Waals surface area contributed by atoms with Crippen molar-refractivity contribution in [2.24, 2.45) is 0 Å². The van der Waals surface area contributed by atoms with Gasteiger partial charge in [-0.25, -0.2) is 0 Å². The monoisotopic (exact) mass is 140 g/mol. The second-order valence-corrected chi connectivity index (χ2v) is 2.50. The lowest BCUT2D eigenvalue weighted by atomic mass is 10.1. The highest BCUT2D eigenvalue weighted by Gasteiger charge is 2.08. The van der Waals surface area contributed by atoms with Crippen LogP contribution < -0.4 is 0 Å². The van der Waals surface area contributed by atoms with Crippen LogP contribution >= 0.6 is 0 Å². The first-order valence-corrected chi connectivity index (χ1v) is 3.83. The minimum Gasteiger partial charge on any atom is -0.303 e. The van der Waals surface area contributed by atoms with Crippen molar-refractivity contribution in [1.29, 1.82) is 5.26 Å². The lowest BCUT2D eigenvalue weighted by Gasteiger charge is -2.22. The zero-order chi connectivity index (χ0) is 7.98. The molecule has 0 aliphatic carbocycles. The maximum Gasteiger partial charge on any atom is 0.0638 e. The van der Waals surface area contributed by atoms with E-state index in [-0.39, 0.29) is 0 Å².